The Bertz CT molecular complexity index is 1290. The van der Waals surface area contributed by atoms with Crippen molar-refractivity contribution in [3.05, 3.63) is 85.1 Å². The molecule has 0 aliphatic heterocycles. The van der Waals surface area contributed by atoms with E-state index in [1.807, 2.05) is 48.6 Å². The number of unbranched alkanes of at least 4 members (excludes halogenated alkanes) is 30. The van der Waals surface area contributed by atoms with Crippen molar-refractivity contribution < 1.29 is 24.5 Å². The summed E-state index contributed by atoms with van der Waals surface area (Å²) in [6.07, 6.45) is 72.1. The van der Waals surface area contributed by atoms with Gasteiger partial charge >= 0.3 is 5.97 Å². The van der Waals surface area contributed by atoms with Crippen molar-refractivity contribution in [3.63, 3.8) is 0 Å². The van der Waals surface area contributed by atoms with E-state index < -0.39 is 18.2 Å². The number of carbonyl (C=O) groups is 2. The first-order chi connectivity index (χ1) is 33.5. The second kappa shape index (κ2) is 55.0. The molecule has 6 heteroatoms. The summed E-state index contributed by atoms with van der Waals surface area (Å²) in [7, 11) is 0. The molecular weight excluding hydrogens is 839 g/mol. The van der Waals surface area contributed by atoms with Crippen molar-refractivity contribution in [2.75, 3.05) is 6.61 Å². The molecule has 0 aromatic carbocycles. The Labute approximate surface area is 421 Å². The summed E-state index contributed by atoms with van der Waals surface area (Å²) in [5, 5.41) is 23.9. The largest absolute Gasteiger partial charge is 0.462 e. The van der Waals surface area contributed by atoms with E-state index in [0.29, 0.717) is 19.3 Å². The molecule has 68 heavy (non-hydrogen) atoms. The Morgan fingerprint density at radius 2 is 0.809 bits per heavy atom. The summed E-state index contributed by atoms with van der Waals surface area (Å²) in [4.78, 5) is 26.3. The third kappa shape index (κ3) is 49.5. The van der Waals surface area contributed by atoms with Gasteiger partial charge in [0.15, 0.2) is 0 Å². The molecule has 6 nitrogen and oxygen atoms in total. The Hall–Kier alpha value is -2.96. The zero-order valence-corrected chi connectivity index (χ0v) is 44.7. The molecule has 3 N–H and O–H groups in total. The Kier molecular flexibility index (Phi) is 52.6. The molecule has 0 spiro atoms. The number of amides is 1. The van der Waals surface area contributed by atoms with Crippen LogP contribution in [-0.2, 0) is 14.3 Å². The van der Waals surface area contributed by atoms with Gasteiger partial charge in [0.1, 0.15) is 6.10 Å². The molecule has 0 rings (SSSR count). The van der Waals surface area contributed by atoms with Gasteiger partial charge in [-0.1, -0.05) is 273 Å². The van der Waals surface area contributed by atoms with Crippen LogP contribution in [0.15, 0.2) is 85.1 Å². The van der Waals surface area contributed by atoms with E-state index in [1.54, 1.807) is 0 Å². The van der Waals surface area contributed by atoms with Crippen LogP contribution in [0.3, 0.4) is 0 Å². The maximum absolute atomic E-state index is 13.3. The molecule has 1 amide bonds. The number of allylic oxidation sites excluding steroid dienone is 14. The highest BCUT2D eigenvalue weighted by atomic mass is 16.5. The van der Waals surface area contributed by atoms with Gasteiger partial charge in [-0.25, -0.2) is 0 Å². The standard InChI is InChI=1S/C62H109NO5/c1-4-7-10-13-16-19-22-25-28-31-34-37-40-43-46-49-52-55-62(67)68-58(53-50-47-44-41-38-35-32-29-26-23-20-17-14-11-8-5-2)56-61(66)63-59(57-64)60(65)54-51-48-45-42-39-36-33-30-27-24-21-18-15-12-9-6-3/h7,10,13,16,19,22,25,28,31,34-35,37-38,40,58-60,64-65H,4-6,8-9,11-12,14-15,17-18,20-21,23-24,26-27,29-30,32-33,36,39,41-57H2,1-3H3,(H,63,66)/b10-7-,16-13+,22-19+,28-25-,34-31+,38-35+,40-37+. The lowest BCUT2D eigenvalue weighted by Gasteiger charge is -2.24. The van der Waals surface area contributed by atoms with Crippen LogP contribution in [0.5, 0.6) is 0 Å². The fourth-order valence-electron chi connectivity index (χ4n) is 8.52. The first kappa shape index (κ1) is 65.0. The minimum absolute atomic E-state index is 0.0458. The normalized spacial score (nSPS) is 13.8. The molecule has 0 saturated heterocycles. The SMILES string of the molecule is CC\C=C/C=C/C=C/C=C\C=C\C=C\CCCCCC(=O)OC(CCCCC/C=C/CCCCCCCCCCC)CC(=O)NC(CO)C(O)CCCCCCCCCCCCCCCCCC. The molecule has 0 aliphatic rings. The van der Waals surface area contributed by atoms with Crippen LogP contribution in [0, 0.1) is 0 Å². The lowest BCUT2D eigenvalue weighted by atomic mass is 10.0. The molecule has 0 aliphatic carbocycles. The van der Waals surface area contributed by atoms with Crippen molar-refractivity contribution >= 4 is 11.9 Å². The van der Waals surface area contributed by atoms with Gasteiger partial charge < -0.3 is 20.3 Å². The summed E-state index contributed by atoms with van der Waals surface area (Å²) < 4.78 is 5.93. The number of aliphatic hydroxyl groups excluding tert-OH is 2. The molecule has 0 fully saturated rings. The maximum Gasteiger partial charge on any atom is 0.306 e. The van der Waals surface area contributed by atoms with E-state index in [4.69, 9.17) is 4.74 Å². The fourth-order valence-corrected chi connectivity index (χ4v) is 8.52. The number of aliphatic hydroxyl groups is 2. The maximum atomic E-state index is 13.3. The van der Waals surface area contributed by atoms with Crippen LogP contribution in [-0.4, -0.2) is 46.9 Å². The van der Waals surface area contributed by atoms with Gasteiger partial charge in [-0.2, -0.15) is 0 Å². The van der Waals surface area contributed by atoms with Crippen molar-refractivity contribution in [2.45, 2.75) is 289 Å². The van der Waals surface area contributed by atoms with Gasteiger partial charge in [0.2, 0.25) is 5.91 Å². The molecule has 392 valence electrons. The monoisotopic (exact) mass is 948 g/mol. The van der Waals surface area contributed by atoms with E-state index in [9.17, 15) is 19.8 Å². The van der Waals surface area contributed by atoms with Crippen molar-refractivity contribution in [2.24, 2.45) is 0 Å². The van der Waals surface area contributed by atoms with Crippen LogP contribution in [0.4, 0.5) is 0 Å². The molecule has 0 aromatic heterocycles. The molecule has 0 radical (unpaired) electrons. The highest BCUT2D eigenvalue weighted by molar-refractivity contribution is 5.77. The number of nitrogens with one attached hydrogen (secondary N) is 1. The predicted octanol–water partition coefficient (Wildman–Crippen LogP) is 17.9. The minimum Gasteiger partial charge on any atom is -0.462 e. The van der Waals surface area contributed by atoms with Gasteiger partial charge in [0.05, 0.1) is 25.2 Å². The molecule has 3 unspecified atom stereocenters. The summed E-state index contributed by atoms with van der Waals surface area (Å²) in [6, 6.07) is -0.721. The highest BCUT2D eigenvalue weighted by Gasteiger charge is 2.24. The molecule has 0 aromatic rings. The Morgan fingerprint density at radius 1 is 0.441 bits per heavy atom. The second-order valence-corrected chi connectivity index (χ2v) is 19.5. The van der Waals surface area contributed by atoms with Crippen LogP contribution in [0.1, 0.15) is 271 Å². The van der Waals surface area contributed by atoms with E-state index in [-0.39, 0.29) is 24.9 Å². The lowest BCUT2D eigenvalue weighted by molar-refractivity contribution is -0.151. The van der Waals surface area contributed by atoms with E-state index in [1.165, 1.54) is 141 Å². The minimum atomic E-state index is -0.805. The summed E-state index contributed by atoms with van der Waals surface area (Å²) in [5.74, 6) is -0.538. The number of hydrogen-bond donors (Lipinski definition) is 3. The molecule has 0 bridgehead atoms. The van der Waals surface area contributed by atoms with Crippen LogP contribution >= 0.6 is 0 Å². The lowest BCUT2D eigenvalue weighted by Crippen LogP contribution is -2.46. The number of esters is 1. The number of hydrogen-bond acceptors (Lipinski definition) is 5. The smallest absolute Gasteiger partial charge is 0.306 e. The van der Waals surface area contributed by atoms with Gasteiger partial charge in [-0.05, 0) is 70.6 Å². The molecule has 0 saturated carbocycles. The molecule has 0 heterocycles. The van der Waals surface area contributed by atoms with E-state index >= 15 is 0 Å². The number of carbonyl (C=O) groups excluding carboxylic acids is 2. The first-order valence-corrected chi connectivity index (χ1v) is 28.9. The third-order valence-electron chi connectivity index (χ3n) is 12.9. The van der Waals surface area contributed by atoms with Crippen molar-refractivity contribution in [3.8, 4) is 0 Å². The first-order valence-electron chi connectivity index (χ1n) is 28.9. The number of ether oxygens (including phenoxy) is 1. The summed E-state index contributed by atoms with van der Waals surface area (Å²) >= 11 is 0. The highest BCUT2D eigenvalue weighted by Crippen LogP contribution is 2.18. The predicted molar refractivity (Wildman–Crippen MR) is 296 cm³/mol. The van der Waals surface area contributed by atoms with E-state index in [2.05, 4.69) is 62.5 Å². The van der Waals surface area contributed by atoms with Crippen LogP contribution in [0.2, 0.25) is 0 Å². The average molecular weight is 949 g/mol. The topological polar surface area (TPSA) is 95.9 Å². The van der Waals surface area contributed by atoms with Crippen LogP contribution in [0.25, 0.3) is 0 Å². The van der Waals surface area contributed by atoms with Crippen molar-refractivity contribution in [1.82, 2.24) is 5.32 Å². The van der Waals surface area contributed by atoms with Gasteiger partial charge in [0.25, 0.3) is 0 Å². The zero-order valence-electron chi connectivity index (χ0n) is 44.7. The Morgan fingerprint density at radius 3 is 1.26 bits per heavy atom. The van der Waals surface area contributed by atoms with E-state index in [0.717, 1.165) is 83.5 Å². The zero-order chi connectivity index (χ0) is 49.5. The molecule has 3 atom stereocenters. The van der Waals surface area contributed by atoms with Gasteiger partial charge in [-0.15, -0.1) is 0 Å². The average Bonchev–Trinajstić information content (AvgIpc) is 3.33. The second-order valence-electron chi connectivity index (χ2n) is 19.5. The molecular formula is C62H109NO5. The summed E-state index contributed by atoms with van der Waals surface area (Å²) in [5.41, 5.74) is 0. The van der Waals surface area contributed by atoms with Crippen LogP contribution < -0.4 is 5.32 Å². The number of rotatable bonds is 51. The Balaban J connectivity index is 4.67. The van der Waals surface area contributed by atoms with Gasteiger partial charge in [0, 0.05) is 6.42 Å². The quantitative estimate of drug-likeness (QED) is 0.0244. The third-order valence-corrected chi connectivity index (χ3v) is 12.9. The fraction of sp³-hybridized carbons (Fsp3) is 0.742. The van der Waals surface area contributed by atoms with Crippen molar-refractivity contribution in [1.29, 1.82) is 0 Å². The summed E-state index contributed by atoms with van der Waals surface area (Å²) in [6.45, 7) is 6.35. The van der Waals surface area contributed by atoms with Gasteiger partial charge in [-0.3, -0.25) is 9.59 Å².